The number of nitrogens with zero attached hydrogens (tertiary/aromatic N) is 3. The fourth-order valence-electron chi connectivity index (χ4n) is 3.41. The number of halogens is 1. The molecule has 8 heteroatoms. The Kier molecular flexibility index (Phi) is 5.52. The van der Waals surface area contributed by atoms with Crippen molar-refractivity contribution in [3.05, 3.63) is 70.0 Å². The first-order chi connectivity index (χ1) is 14.0. The van der Waals surface area contributed by atoms with Gasteiger partial charge in [-0.15, -0.1) is 10.2 Å². The van der Waals surface area contributed by atoms with Gasteiger partial charge in [0.25, 0.3) is 0 Å². The Morgan fingerprint density at radius 1 is 1.21 bits per heavy atom. The molecule has 0 saturated carbocycles. The second kappa shape index (κ2) is 8.08. The van der Waals surface area contributed by atoms with Crippen molar-refractivity contribution < 1.29 is 4.79 Å². The molecule has 2 heterocycles. The van der Waals surface area contributed by atoms with E-state index in [0.29, 0.717) is 10.2 Å². The zero-order valence-electron chi connectivity index (χ0n) is 16.4. The quantitative estimate of drug-likeness (QED) is 0.641. The average molecular weight is 428 g/mol. The molecule has 0 spiro atoms. The summed E-state index contributed by atoms with van der Waals surface area (Å²) in [5.74, 6) is 0.751. The van der Waals surface area contributed by atoms with Crippen LogP contribution in [-0.4, -0.2) is 26.0 Å². The Bertz CT molecular complexity index is 1050. The fourth-order valence-corrected chi connectivity index (χ4v) is 4.63. The van der Waals surface area contributed by atoms with E-state index in [2.05, 4.69) is 27.0 Å². The first-order valence-corrected chi connectivity index (χ1v) is 10.7. The molecule has 3 aromatic rings. The van der Waals surface area contributed by atoms with Crippen LogP contribution in [0, 0.1) is 13.8 Å². The van der Waals surface area contributed by atoms with Gasteiger partial charge in [-0.1, -0.05) is 60.1 Å². The summed E-state index contributed by atoms with van der Waals surface area (Å²) in [7, 11) is 0. The molecule has 2 unspecified atom stereocenters. The molecule has 1 aromatic heterocycles. The molecule has 2 atom stereocenters. The van der Waals surface area contributed by atoms with Crippen molar-refractivity contribution in [1.29, 1.82) is 0 Å². The Labute approximate surface area is 179 Å². The fraction of sp³-hybridized carbons (Fsp3) is 0.286. The van der Waals surface area contributed by atoms with Crippen LogP contribution in [0.25, 0.3) is 0 Å². The van der Waals surface area contributed by atoms with Gasteiger partial charge in [-0.25, -0.2) is 4.68 Å². The number of carbonyl (C=O) groups is 1. The molecule has 1 aliphatic heterocycles. The van der Waals surface area contributed by atoms with E-state index >= 15 is 0 Å². The molecule has 0 saturated heterocycles. The van der Waals surface area contributed by atoms with Gasteiger partial charge in [0.2, 0.25) is 11.1 Å². The Hall–Kier alpha value is -2.51. The molecule has 0 radical (unpaired) electrons. The summed E-state index contributed by atoms with van der Waals surface area (Å²) in [5.41, 5.74) is 7.43. The van der Waals surface area contributed by atoms with Crippen molar-refractivity contribution in [3.8, 4) is 0 Å². The maximum absolute atomic E-state index is 13.3. The Morgan fingerprint density at radius 2 is 1.97 bits per heavy atom. The van der Waals surface area contributed by atoms with Crippen molar-refractivity contribution in [2.75, 3.05) is 10.7 Å². The van der Waals surface area contributed by atoms with Crippen LogP contribution in [-0.2, 0) is 11.2 Å². The first kappa shape index (κ1) is 19.8. The molecule has 0 aliphatic carbocycles. The minimum Gasteiger partial charge on any atom is -0.325 e. The zero-order valence-corrected chi connectivity index (χ0v) is 18.0. The Morgan fingerprint density at radius 3 is 2.66 bits per heavy atom. The molecule has 1 aliphatic rings. The van der Waals surface area contributed by atoms with Gasteiger partial charge in [-0.3, -0.25) is 4.79 Å². The summed E-state index contributed by atoms with van der Waals surface area (Å²) < 4.78 is 1.88. The molecular formula is C21H22ClN5OS. The number of benzene rings is 2. The predicted octanol–water partition coefficient (Wildman–Crippen LogP) is 4.51. The lowest BCUT2D eigenvalue weighted by atomic mass is 10.0. The van der Waals surface area contributed by atoms with Crippen molar-refractivity contribution in [2.45, 2.75) is 43.6 Å². The van der Waals surface area contributed by atoms with Gasteiger partial charge in [0, 0.05) is 17.1 Å². The van der Waals surface area contributed by atoms with E-state index in [1.807, 2.05) is 61.8 Å². The van der Waals surface area contributed by atoms with Crippen LogP contribution in [0.15, 0.2) is 47.6 Å². The second-order valence-corrected chi connectivity index (χ2v) is 8.64. The number of amides is 1. The standard InChI is InChI=1S/C21H22ClN5OS/c1-4-17-24-25-21-27(17)26-18(14-6-8-15(22)9-7-14)19(29-21)20(28)23-16-10-5-12(2)11-13(16)3/h5-11,18-19,26H,4H2,1-3H3,(H,23,28). The molecule has 6 nitrogen and oxygen atoms in total. The number of hydrogen-bond acceptors (Lipinski definition) is 5. The number of hydrogen-bond donors (Lipinski definition) is 2. The van der Waals surface area contributed by atoms with Crippen molar-refractivity contribution >= 4 is 35.0 Å². The smallest absolute Gasteiger partial charge is 0.240 e. The number of nitrogens with one attached hydrogen (secondary N) is 2. The maximum atomic E-state index is 13.3. The summed E-state index contributed by atoms with van der Waals surface area (Å²) in [4.78, 5) is 13.3. The minimum atomic E-state index is -0.418. The molecular weight excluding hydrogens is 406 g/mol. The summed E-state index contributed by atoms with van der Waals surface area (Å²) in [5, 5.41) is 12.5. The molecule has 2 aromatic carbocycles. The van der Waals surface area contributed by atoms with E-state index in [0.717, 1.165) is 34.6 Å². The number of anilines is 1. The van der Waals surface area contributed by atoms with Gasteiger partial charge >= 0.3 is 0 Å². The molecule has 150 valence electrons. The third-order valence-corrected chi connectivity index (χ3v) is 6.41. The number of fused-ring (bicyclic) bond motifs is 1. The van der Waals surface area contributed by atoms with E-state index in [4.69, 9.17) is 11.6 Å². The summed E-state index contributed by atoms with van der Waals surface area (Å²) in [6.07, 6.45) is 0.743. The average Bonchev–Trinajstić information content (AvgIpc) is 3.12. The minimum absolute atomic E-state index is 0.0818. The van der Waals surface area contributed by atoms with E-state index < -0.39 is 5.25 Å². The molecule has 0 fully saturated rings. The van der Waals surface area contributed by atoms with Crippen molar-refractivity contribution in [1.82, 2.24) is 14.9 Å². The number of rotatable bonds is 4. The van der Waals surface area contributed by atoms with Gasteiger partial charge in [0.1, 0.15) is 5.25 Å². The van der Waals surface area contributed by atoms with Crippen LogP contribution in [0.1, 0.15) is 35.5 Å². The SMILES string of the molecule is CCc1nnc2n1NC(c1ccc(Cl)cc1)C(C(=O)Nc1ccc(C)cc1C)S2. The summed E-state index contributed by atoms with van der Waals surface area (Å²) >= 11 is 7.49. The van der Waals surface area contributed by atoms with Crippen molar-refractivity contribution in [3.63, 3.8) is 0 Å². The highest BCUT2D eigenvalue weighted by molar-refractivity contribution is 8.00. The van der Waals surface area contributed by atoms with Gasteiger partial charge in [0.15, 0.2) is 5.82 Å². The number of carbonyl (C=O) groups excluding carboxylic acids is 1. The van der Waals surface area contributed by atoms with Gasteiger partial charge in [-0.05, 0) is 43.2 Å². The van der Waals surface area contributed by atoms with E-state index in [1.54, 1.807) is 0 Å². The van der Waals surface area contributed by atoms with Crippen LogP contribution < -0.4 is 10.7 Å². The zero-order chi connectivity index (χ0) is 20.5. The highest BCUT2D eigenvalue weighted by Crippen LogP contribution is 2.38. The van der Waals surface area contributed by atoms with Gasteiger partial charge in [-0.2, -0.15) is 0 Å². The van der Waals surface area contributed by atoms with Crippen LogP contribution in [0.5, 0.6) is 0 Å². The molecule has 0 bridgehead atoms. The topological polar surface area (TPSA) is 71.8 Å². The van der Waals surface area contributed by atoms with E-state index in [9.17, 15) is 4.79 Å². The van der Waals surface area contributed by atoms with Crippen LogP contribution in [0.4, 0.5) is 5.69 Å². The molecule has 1 amide bonds. The largest absolute Gasteiger partial charge is 0.325 e. The van der Waals surface area contributed by atoms with Crippen LogP contribution in [0.3, 0.4) is 0 Å². The molecule has 29 heavy (non-hydrogen) atoms. The third-order valence-electron chi connectivity index (χ3n) is 4.95. The molecule has 4 rings (SSSR count). The van der Waals surface area contributed by atoms with Gasteiger partial charge in [0.05, 0.1) is 6.04 Å². The van der Waals surface area contributed by atoms with Crippen molar-refractivity contribution in [2.24, 2.45) is 0 Å². The highest BCUT2D eigenvalue weighted by atomic mass is 35.5. The number of aryl methyl sites for hydroxylation is 3. The lowest BCUT2D eigenvalue weighted by Gasteiger charge is -2.33. The first-order valence-electron chi connectivity index (χ1n) is 9.47. The monoisotopic (exact) mass is 427 g/mol. The number of aromatic nitrogens is 3. The third kappa shape index (κ3) is 3.97. The Balaban J connectivity index is 1.67. The lowest BCUT2D eigenvalue weighted by Crippen LogP contribution is -2.41. The summed E-state index contributed by atoms with van der Waals surface area (Å²) in [6.45, 7) is 6.06. The van der Waals surface area contributed by atoms with Crippen LogP contribution in [0.2, 0.25) is 5.02 Å². The summed E-state index contributed by atoms with van der Waals surface area (Å²) in [6, 6.07) is 13.3. The highest BCUT2D eigenvalue weighted by Gasteiger charge is 2.37. The predicted molar refractivity (Wildman–Crippen MR) is 117 cm³/mol. The number of thioether (sulfide) groups is 1. The second-order valence-electron chi connectivity index (χ2n) is 7.09. The maximum Gasteiger partial charge on any atom is 0.240 e. The normalized spacial score (nSPS) is 18.1. The molecule has 2 N–H and O–H groups in total. The van der Waals surface area contributed by atoms with E-state index in [1.165, 1.54) is 11.8 Å². The van der Waals surface area contributed by atoms with E-state index in [-0.39, 0.29) is 11.9 Å². The van der Waals surface area contributed by atoms with Gasteiger partial charge < -0.3 is 10.7 Å². The van der Waals surface area contributed by atoms with Crippen LogP contribution >= 0.6 is 23.4 Å². The lowest BCUT2D eigenvalue weighted by molar-refractivity contribution is -0.116.